The van der Waals surface area contributed by atoms with Crippen LogP contribution in [0.25, 0.3) is 0 Å². The van der Waals surface area contributed by atoms with Gasteiger partial charge in [-0.2, -0.15) is 0 Å². The Morgan fingerprint density at radius 2 is 1.70 bits per heavy atom. The SMILES string of the molecule is O=C(NCCc1ccccc1F)c1ccnc(NCCc2ccccc2)c1. The lowest BCUT2D eigenvalue weighted by Gasteiger charge is -2.09. The standard InChI is InChI=1S/C22H22FN3O/c23-20-9-5-4-8-18(20)11-15-26-22(27)19-12-14-25-21(16-19)24-13-10-17-6-2-1-3-7-17/h1-9,12,14,16H,10-11,13,15H2,(H,24,25)(H,26,27). The third-order valence-electron chi connectivity index (χ3n) is 4.22. The number of hydrogen-bond donors (Lipinski definition) is 2. The predicted octanol–water partition coefficient (Wildman–Crippen LogP) is 3.85. The first-order chi connectivity index (χ1) is 13.2. The summed E-state index contributed by atoms with van der Waals surface area (Å²) < 4.78 is 13.6. The van der Waals surface area contributed by atoms with Crippen molar-refractivity contribution >= 4 is 11.7 Å². The van der Waals surface area contributed by atoms with E-state index >= 15 is 0 Å². The molecule has 0 saturated carbocycles. The summed E-state index contributed by atoms with van der Waals surface area (Å²) in [4.78, 5) is 16.6. The lowest BCUT2D eigenvalue weighted by molar-refractivity contribution is 0.0954. The number of anilines is 1. The molecule has 0 unspecified atom stereocenters. The molecule has 4 nitrogen and oxygen atoms in total. The number of rotatable bonds is 8. The van der Waals surface area contributed by atoms with Gasteiger partial charge in [0.15, 0.2) is 0 Å². The summed E-state index contributed by atoms with van der Waals surface area (Å²) in [5, 5.41) is 6.06. The molecule has 0 aliphatic rings. The predicted molar refractivity (Wildman–Crippen MR) is 105 cm³/mol. The van der Waals surface area contributed by atoms with Crippen molar-refractivity contribution in [2.24, 2.45) is 0 Å². The fourth-order valence-corrected chi connectivity index (χ4v) is 2.76. The van der Waals surface area contributed by atoms with Gasteiger partial charge in [-0.1, -0.05) is 48.5 Å². The zero-order chi connectivity index (χ0) is 18.9. The minimum absolute atomic E-state index is 0.195. The number of nitrogens with one attached hydrogen (secondary N) is 2. The summed E-state index contributed by atoms with van der Waals surface area (Å²) in [6, 6.07) is 20.2. The molecule has 0 radical (unpaired) electrons. The maximum atomic E-state index is 13.6. The topological polar surface area (TPSA) is 54.0 Å². The molecule has 0 atom stereocenters. The minimum Gasteiger partial charge on any atom is -0.370 e. The molecule has 0 aliphatic carbocycles. The second-order valence-corrected chi connectivity index (χ2v) is 6.19. The minimum atomic E-state index is -0.249. The highest BCUT2D eigenvalue weighted by Crippen LogP contribution is 2.09. The second kappa shape index (κ2) is 9.48. The van der Waals surface area contributed by atoms with Crippen molar-refractivity contribution in [3.05, 3.63) is 95.4 Å². The fraction of sp³-hybridized carbons (Fsp3) is 0.182. The third kappa shape index (κ3) is 5.64. The molecule has 0 saturated heterocycles. The van der Waals surface area contributed by atoms with Crippen LogP contribution >= 0.6 is 0 Å². The summed E-state index contributed by atoms with van der Waals surface area (Å²) in [5.74, 6) is 0.216. The molecule has 2 aromatic carbocycles. The molecule has 1 aromatic heterocycles. The van der Waals surface area contributed by atoms with Crippen molar-refractivity contribution in [3.8, 4) is 0 Å². The van der Waals surface area contributed by atoms with Crippen LogP contribution in [0.5, 0.6) is 0 Å². The van der Waals surface area contributed by atoms with Crippen molar-refractivity contribution in [3.63, 3.8) is 0 Å². The van der Waals surface area contributed by atoms with E-state index in [9.17, 15) is 9.18 Å². The fourth-order valence-electron chi connectivity index (χ4n) is 2.76. The van der Waals surface area contributed by atoms with Gasteiger partial charge in [0.2, 0.25) is 0 Å². The Balaban J connectivity index is 1.48. The first kappa shape index (κ1) is 18.6. The number of aromatic nitrogens is 1. The molecule has 0 aliphatic heterocycles. The molecule has 138 valence electrons. The molecule has 3 aromatic rings. The largest absolute Gasteiger partial charge is 0.370 e. The quantitative estimate of drug-likeness (QED) is 0.639. The number of amides is 1. The highest BCUT2D eigenvalue weighted by atomic mass is 19.1. The molecule has 2 N–H and O–H groups in total. The van der Waals surface area contributed by atoms with Crippen molar-refractivity contribution in [1.29, 1.82) is 0 Å². The van der Waals surface area contributed by atoms with Crippen molar-refractivity contribution in [2.75, 3.05) is 18.4 Å². The van der Waals surface area contributed by atoms with Crippen molar-refractivity contribution in [1.82, 2.24) is 10.3 Å². The summed E-state index contributed by atoms with van der Waals surface area (Å²) >= 11 is 0. The van der Waals surface area contributed by atoms with E-state index in [2.05, 4.69) is 27.8 Å². The molecular formula is C22H22FN3O. The zero-order valence-corrected chi connectivity index (χ0v) is 15.0. The van der Waals surface area contributed by atoms with Gasteiger partial charge in [-0.25, -0.2) is 9.37 Å². The second-order valence-electron chi connectivity index (χ2n) is 6.19. The van der Waals surface area contributed by atoms with Gasteiger partial charge in [-0.3, -0.25) is 4.79 Å². The van der Waals surface area contributed by atoms with E-state index in [0.717, 1.165) is 13.0 Å². The first-order valence-electron chi connectivity index (χ1n) is 8.98. The molecule has 3 rings (SSSR count). The number of carbonyl (C=O) groups excluding carboxylic acids is 1. The highest BCUT2D eigenvalue weighted by molar-refractivity contribution is 5.94. The van der Waals surface area contributed by atoms with E-state index in [-0.39, 0.29) is 11.7 Å². The van der Waals surface area contributed by atoms with Gasteiger partial charge in [0.1, 0.15) is 11.6 Å². The van der Waals surface area contributed by atoms with Crippen LogP contribution in [0.3, 0.4) is 0 Å². The average molecular weight is 363 g/mol. The van der Waals surface area contributed by atoms with Gasteiger partial charge >= 0.3 is 0 Å². The smallest absolute Gasteiger partial charge is 0.251 e. The van der Waals surface area contributed by atoms with Crippen LogP contribution in [0.1, 0.15) is 21.5 Å². The van der Waals surface area contributed by atoms with E-state index in [1.54, 1.807) is 36.5 Å². The molecule has 1 amide bonds. The van der Waals surface area contributed by atoms with Gasteiger partial charge in [0.25, 0.3) is 5.91 Å². The van der Waals surface area contributed by atoms with Crippen LogP contribution in [0.15, 0.2) is 72.9 Å². The van der Waals surface area contributed by atoms with E-state index in [0.29, 0.717) is 29.9 Å². The van der Waals surface area contributed by atoms with Gasteiger partial charge in [-0.15, -0.1) is 0 Å². The van der Waals surface area contributed by atoms with Gasteiger partial charge in [0.05, 0.1) is 0 Å². The number of nitrogens with zero attached hydrogens (tertiary/aromatic N) is 1. The Kier molecular flexibility index (Phi) is 6.52. The Morgan fingerprint density at radius 1 is 0.926 bits per heavy atom. The monoisotopic (exact) mass is 363 g/mol. The average Bonchev–Trinajstić information content (AvgIpc) is 2.70. The Labute approximate surface area is 158 Å². The molecule has 0 spiro atoms. The van der Waals surface area contributed by atoms with Crippen molar-refractivity contribution < 1.29 is 9.18 Å². The van der Waals surface area contributed by atoms with E-state index in [4.69, 9.17) is 0 Å². The molecule has 0 fully saturated rings. The Hall–Kier alpha value is -3.21. The summed E-state index contributed by atoms with van der Waals surface area (Å²) in [6.45, 7) is 1.11. The summed E-state index contributed by atoms with van der Waals surface area (Å²) in [5.41, 5.74) is 2.36. The van der Waals surface area contributed by atoms with Crippen molar-refractivity contribution in [2.45, 2.75) is 12.8 Å². The number of halogens is 1. The van der Waals surface area contributed by atoms with Crippen LogP contribution in [0.4, 0.5) is 10.2 Å². The van der Waals surface area contributed by atoms with Crippen LogP contribution < -0.4 is 10.6 Å². The lowest BCUT2D eigenvalue weighted by atomic mass is 10.1. The van der Waals surface area contributed by atoms with Crippen LogP contribution in [0.2, 0.25) is 0 Å². The Morgan fingerprint density at radius 3 is 2.52 bits per heavy atom. The van der Waals surface area contributed by atoms with E-state index < -0.39 is 0 Å². The third-order valence-corrected chi connectivity index (χ3v) is 4.22. The number of hydrogen-bond acceptors (Lipinski definition) is 3. The summed E-state index contributed by atoms with van der Waals surface area (Å²) in [6.07, 6.45) is 2.93. The molecule has 5 heteroatoms. The molecular weight excluding hydrogens is 341 g/mol. The Bertz CT molecular complexity index is 883. The summed E-state index contributed by atoms with van der Waals surface area (Å²) in [7, 11) is 0. The van der Waals surface area contributed by atoms with E-state index in [1.165, 1.54) is 11.6 Å². The maximum Gasteiger partial charge on any atom is 0.251 e. The number of benzene rings is 2. The molecule has 27 heavy (non-hydrogen) atoms. The van der Waals surface area contributed by atoms with Gasteiger partial charge < -0.3 is 10.6 Å². The van der Waals surface area contributed by atoms with Crippen LogP contribution in [-0.4, -0.2) is 24.0 Å². The normalized spacial score (nSPS) is 10.4. The zero-order valence-electron chi connectivity index (χ0n) is 15.0. The molecule has 1 heterocycles. The first-order valence-corrected chi connectivity index (χ1v) is 8.98. The highest BCUT2D eigenvalue weighted by Gasteiger charge is 2.07. The lowest BCUT2D eigenvalue weighted by Crippen LogP contribution is -2.26. The molecule has 0 bridgehead atoms. The maximum absolute atomic E-state index is 13.6. The van der Waals surface area contributed by atoms with E-state index in [1.807, 2.05) is 18.2 Å². The number of pyridine rings is 1. The van der Waals surface area contributed by atoms with Gasteiger partial charge in [-0.05, 0) is 42.2 Å². The van der Waals surface area contributed by atoms with Crippen LogP contribution in [-0.2, 0) is 12.8 Å². The van der Waals surface area contributed by atoms with Crippen LogP contribution in [0, 0.1) is 5.82 Å². The number of carbonyl (C=O) groups is 1. The van der Waals surface area contributed by atoms with Gasteiger partial charge in [0, 0.05) is 24.8 Å².